The monoisotopic (exact) mass is 521 g/mol. The summed E-state index contributed by atoms with van der Waals surface area (Å²) in [5.74, 6) is 3.44. The molecule has 0 bridgehead atoms. The number of carboxylic acids is 1. The molecule has 0 radical (unpaired) electrons. The smallest absolute Gasteiger partial charge is 0.416 e. The quantitative estimate of drug-likeness (QED) is 0.191. The lowest BCUT2D eigenvalue weighted by molar-refractivity contribution is -0.156. The number of carbonyl (C=O) groups excluding carboxylic acids is 1. The topological polar surface area (TPSA) is 57.6 Å². The molecule has 38 heavy (non-hydrogen) atoms. The van der Waals surface area contributed by atoms with E-state index in [4.69, 9.17) is 0 Å². The molecule has 0 unspecified atom stereocenters. The number of alkyl halides is 3. The van der Waals surface area contributed by atoms with Crippen molar-refractivity contribution < 1.29 is 27.9 Å². The van der Waals surface area contributed by atoms with E-state index in [2.05, 4.69) is 30.9 Å². The van der Waals surface area contributed by atoms with Crippen LogP contribution >= 0.6 is 0 Å². The number of halogens is 3. The Labute approximate surface area is 221 Å². The van der Waals surface area contributed by atoms with Crippen molar-refractivity contribution in [3.05, 3.63) is 106 Å². The van der Waals surface area contributed by atoms with Gasteiger partial charge in [0.05, 0.1) is 5.56 Å². The molecule has 0 heterocycles. The summed E-state index contributed by atoms with van der Waals surface area (Å²) in [6.07, 6.45) is 1.36. The maximum absolute atomic E-state index is 12.9. The fraction of sp³-hybridized carbons (Fsp3) is 0.290. The third-order valence-corrected chi connectivity index (χ3v) is 6.12. The molecule has 0 saturated carbocycles. The molecule has 3 aromatic rings. The molecule has 0 spiro atoms. The van der Waals surface area contributed by atoms with Gasteiger partial charge in [-0.3, -0.25) is 4.79 Å². The van der Waals surface area contributed by atoms with E-state index in [0.717, 1.165) is 35.4 Å². The van der Waals surface area contributed by atoms with Crippen LogP contribution in [0.3, 0.4) is 0 Å². The number of hydrogen-bond acceptors (Lipinski definition) is 2. The van der Waals surface area contributed by atoms with Crippen LogP contribution in [0.4, 0.5) is 13.2 Å². The van der Waals surface area contributed by atoms with Gasteiger partial charge in [-0.15, -0.1) is 0 Å². The molecule has 0 aliphatic rings. The number of unbranched alkanes of at least 4 members (excludes halogenated alkanes) is 3. The summed E-state index contributed by atoms with van der Waals surface area (Å²) in [6.45, 7) is 1.96. The molecule has 0 atom stereocenters. The first-order chi connectivity index (χ1) is 18.2. The molecule has 1 N–H and O–H groups in total. The number of benzene rings is 3. The number of rotatable bonds is 9. The number of amides is 1. The van der Waals surface area contributed by atoms with Crippen LogP contribution in [0.5, 0.6) is 0 Å². The van der Waals surface area contributed by atoms with E-state index >= 15 is 0 Å². The van der Waals surface area contributed by atoms with Crippen molar-refractivity contribution in [2.45, 2.75) is 58.3 Å². The fourth-order valence-electron chi connectivity index (χ4n) is 3.99. The number of aryl methyl sites for hydroxylation is 1. The van der Waals surface area contributed by atoms with Crippen molar-refractivity contribution in [1.29, 1.82) is 0 Å². The van der Waals surface area contributed by atoms with Crippen molar-refractivity contribution in [2.75, 3.05) is 0 Å². The highest BCUT2D eigenvalue weighted by molar-refractivity contribution is 6.31. The molecule has 198 valence electrons. The van der Waals surface area contributed by atoms with Crippen molar-refractivity contribution in [3.63, 3.8) is 0 Å². The van der Waals surface area contributed by atoms with Gasteiger partial charge in [-0.2, -0.15) is 13.2 Å². The number of nitrogens with zero attached hydrogens (tertiary/aromatic N) is 1. The second-order valence-corrected chi connectivity index (χ2v) is 9.08. The first kappa shape index (κ1) is 28.5. The summed E-state index contributed by atoms with van der Waals surface area (Å²) >= 11 is 0. The SMILES string of the molecule is CCCCCCc1ccc(C#Cc2ccccc2CN(Cc2ccc(C(F)(F)F)cc2)C(=O)C(=O)O)cc1. The summed E-state index contributed by atoms with van der Waals surface area (Å²) < 4.78 is 38.6. The molecular weight excluding hydrogens is 491 g/mol. The van der Waals surface area contributed by atoms with E-state index in [1.807, 2.05) is 12.1 Å². The summed E-state index contributed by atoms with van der Waals surface area (Å²) in [6, 6.07) is 19.5. The second-order valence-electron chi connectivity index (χ2n) is 9.08. The summed E-state index contributed by atoms with van der Waals surface area (Å²) in [5.41, 5.74) is 2.92. The van der Waals surface area contributed by atoms with E-state index in [-0.39, 0.29) is 13.1 Å². The van der Waals surface area contributed by atoms with Gasteiger partial charge in [-0.1, -0.05) is 80.5 Å². The van der Waals surface area contributed by atoms with Gasteiger partial charge in [-0.05, 0) is 59.9 Å². The van der Waals surface area contributed by atoms with Crippen LogP contribution in [0, 0.1) is 11.8 Å². The van der Waals surface area contributed by atoms with E-state index < -0.39 is 23.6 Å². The third kappa shape index (κ3) is 8.52. The van der Waals surface area contributed by atoms with Crippen LogP contribution in [-0.2, 0) is 35.3 Å². The minimum absolute atomic E-state index is 0.0618. The van der Waals surface area contributed by atoms with Gasteiger partial charge >= 0.3 is 18.1 Å². The number of aliphatic carboxylic acids is 1. The maximum atomic E-state index is 12.9. The summed E-state index contributed by atoms with van der Waals surface area (Å²) in [7, 11) is 0. The average molecular weight is 522 g/mol. The lowest BCUT2D eigenvalue weighted by Crippen LogP contribution is -2.35. The number of carboxylic acid groups (broad SMARTS) is 1. The van der Waals surface area contributed by atoms with Crippen molar-refractivity contribution in [2.24, 2.45) is 0 Å². The van der Waals surface area contributed by atoms with E-state index in [1.165, 1.54) is 37.0 Å². The van der Waals surface area contributed by atoms with Crippen molar-refractivity contribution >= 4 is 11.9 Å². The molecule has 0 saturated heterocycles. The van der Waals surface area contributed by atoms with Crippen LogP contribution in [0.15, 0.2) is 72.8 Å². The van der Waals surface area contributed by atoms with Gasteiger partial charge in [-0.25, -0.2) is 4.79 Å². The summed E-state index contributed by atoms with van der Waals surface area (Å²) in [4.78, 5) is 25.0. The molecule has 7 heteroatoms. The molecule has 0 aliphatic carbocycles. The van der Waals surface area contributed by atoms with Crippen LogP contribution in [-0.4, -0.2) is 21.9 Å². The molecule has 0 aliphatic heterocycles. The predicted octanol–water partition coefficient (Wildman–Crippen LogP) is 6.84. The van der Waals surface area contributed by atoms with Gasteiger partial charge in [0.25, 0.3) is 0 Å². The largest absolute Gasteiger partial charge is 0.474 e. The molecule has 3 rings (SSSR count). The molecule has 0 fully saturated rings. The van der Waals surface area contributed by atoms with Crippen LogP contribution in [0.25, 0.3) is 0 Å². The lowest BCUT2D eigenvalue weighted by Gasteiger charge is -2.22. The highest BCUT2D eigenvalue weighted by Gasteiger charge is 2.30. The maximum Gasteiger partial charge on any atom is 0.416 e. The zero-order valence-corrected chi connectivity index (χ0v) is 21.2. The first-order valence-corrected chi connectivity index (χ1v) is 12.5. The normalized spacial score (nSPS) is 10.9. The highest BCUT2D eigenvalue weighted by Crippen LogP contribution is 2.29. The minimum atomic E-state index is -4.48. The third-order valence-electron chi connectivity index (χ3n) is 6.12. The van der Waals surface area contributed by atoms with Gasteiger partial charge in [0, 0.05) is 24.2 Å². The van der Waals surface area contributed by atoms with E-state index in [9.17, 15) is 27.9 Å². The van der Waals surface area contributed by atoms with Gasteiger partial charge < -0.3 is 10.0 Å². The fourth-order valence-corrected chi connectivity index (χ4v) is 3.99. The van der Waals surface area contributed by atoms with Gasteiger partial charge in [0.15, 0.2) is 0 Å². The second kappa shape index (κ2) is 13.5. The van der Waals surface area contributed by atoms with Crippen molar-refractivity contribution in [1.82, 2.24) is 4.90 Å². The molecular formula is C31H30F3NO3. The Bertz CT molecular complexity index is 1290. The van der Waals surface area contributed by atoms with E-state index in [0.29, 0.717) is 16.7 Å². The zero-order valence-electron chi connectivity index (χ0n) is 21.2. The zero-order chi connectivity index (χ0) is 27.5. The van der Waals surface area contributed by atoms with Crippen molar-refractivity contribution in [3.8, 4) is 11.8 Å². The lowest BCUT2D eigenvalue weighted by atomic mass is 10.0. The number of hydrogen-bond donors (Lipinski definition) is 1. The molecule has 4 nitrogen and oxygen atoms in total. The van der Waals surface area contributed by atoms with Crippen LogP contribution < -0.4 is 0 Å². The molecule has 1 amide bonds. The van der Waals surface area contributed by atoms with Crippen LogP contribution in [0.1, 0.15) is 66.0 Å². The Balaban J connectivity index is 1.76. The van der Waals surface area contributed by atoms with Gasteiger partial charge in [0.2, 0.25) is 0 Å². The Morgan fingerprint density at radius 1 is 0.816 bits per heavy atom. The first-order valence-electron chi connectivity index (χ1n) is 12.5. The molecule has 3 aromatic carbocycles. The molecule has 0 aromatic heterocycles. The van der Waals surface area contributed by atoms with Crippen LogP contribution in [0.2, 0.25) is 0 Å². The Kier molecular flexibility index (Phi) is 10.1. The van der Waals surface area contributed by atoms with E-state index in [1.54, 1.807) is 24.3 Å². The minimum Gasteiger partial charge on any atom is -0.474 e. The summed E-state index contributed by atoms with van der Waals surface area (Å²) in [5, 5.41) is 9.32. The van der Waals surface area contributed by atoms with Gasteiger partial charge in [0.1, 0.15) is 0 Å². The Hall–Kier alpha value is -4.05. The standard InChI is InChI=1S/C31H30F3NO3/c1-2-3-4-5-8-23-11-13-24(14-12-23)15-18-26-9-6-7-10-27(26)22-35(29(36)30(37)38)21-25-16-19-28(20-17-25)31(32,33)34/h6-7,9-14,16-17,19-20H,2-5,8,21-22H2,1H3,(H,37,38). The average Bonchev–Trinajstić information content (AvgIpc) is 2.90. The Morgan fingerprint density at radius 2 is 1.47 bits per heavy atom. The Morgan fingerprint density at radius 3 is 2.11 bits per heavy atom. The predicted molar refractivity (Wildman–Crippen MR) is 140 cm³/mol. The number of carbonyl (C=O) groups is 2. The highest BCUT2D eigenvalue weighted by atomic mass is 19.4.